The molecule has 382 valence electrons. The molecule has 0 atom stereocenters. The van der Waals surface area contributed by atoms with Gasteiger partial charge in [0.05, 0.1) is 0 Å². The van der Waals surface area contributed by atoms with E-state index in [0.717, 1.165) is 0 Å². The van der Waals surface area contributed by atoms with Gasteiger partial charge in [-0.05, 0) is 0 Å². The zero-order valence-corrected chi connectivity index (χ0v) is 47.1. The molecule has 19 heteroatoms. The summed E-state index contributed by atoms with van der Waals surface area (Å²) in [5, 5.41) is 85.0. The van der Waals surface area contributed by atoms with E-state index in [-0.39, 0.29) is 194 Å². The number of rotatable bonds is 8. The second kappa shape index (κ2) is 44.5. The number of hydrogen-bond donors (Lipinski definition) is 0. The van der Waals surface area contributed by atoms with Crippen molar-refractivity contribution < 1.29 is 183 Å². The van der Waals surface area contributed by atoms with Crippen LogP contribution >= 0.6 is 0 Å². The monoisotopic (exact) mass is 1410 g/mol. The molecule has 0 spiro atoms. The van der Waals surface area contributed by atoms with Crippen molar-refractivity contribution >= 4 is 50.3 Å². The Labute approximate surface area is 512 Å². The van der Waals surface area contributed by atoms with Crippen LogP contribution in [0.5, 0.6) is 46.0 Å². The first-order valence-electron chi connectivity index (χ1n) is 20.4. The van der Waals surface area contributed by atoms with Crippen molar-refractivity contribution in [1.82, 2.24) is 0 Å². The summed E-state index contributed by atoms with van der Waals surface area (Å²) in [6.07, 6.45) is 4.46. The predicted molar refractivity (Wildman–Crippen MR) is 250 cm³/mol. The van der Waals surface area contributed by atoms with Gasteiger partial charge in [-0.1, -0.05) is 240 Å². The van der Waals surface area contributed by atoms with Gasteiger partial charge in [0.2, 0.25) is 0 Å². The zero-order valence-electron chi connectivity index (χ0n) is 39.0. The summed E-state index contributed by atoms with van der Waals surface area (Å²) in [7, 11) is 0. The molecular weight excluding hydrogens is 1370 g/mol. The molecule has 8 aromatic carbocycles. The Morgan fingerprint density at radius 2 is 0.267 bits per heavy atom. The minimum Gasteiger partial charge on any atom is -0.872 e. The van der Waals surface area contributed by atoms with Crippen LogP contribution in [0.25, 0.3) is 0 Å². The molecule has 8 aromatic rings. The van der Waals surface area contributed by atoms with Crippen LogP contribution in [0.2, 0.25) is 0 Å². The minimum atomic E-state index is -0.215. The third kappa shape index (κ3) is 30.1. The summed E-state index contributed by atoms with van der Waals surface area (Å²) < 4.78 is 0. The van der Waals surface area contributed by atoms with Crippen LogP contribution in [0.15, 0.2) is 194 Å². The molecule has 0 N–H and O–H groups in total. The number of benzene rings is 8. The molecule has 0 amide bonds. The summed E-state index contributed by atoms with van der Waals surface area (Å²) in [6.45, 7) is 0. The maximum absolute atomic E-state index is 10.6. The maximum Gasteiger partial charge on any atom is 3.00 e. The topological polar surface area (TPSA) is 321 Å². The molecule has 0 saturated heterocycles. The molecule has 8 rings (SSSR count). The van der Waals surface area contributed by atoms with Gasteiger partial charge in [-0.15, -0.1) is 0 Å². The van der Waals surface area contributed by atoms with Crippen molar-refractivity contribution in [3.8, 4) is 46.0 Å². The largest absolute Gasteiger partial charge is 3.00 e. The van der Waals surface area contributed by atoms with Crippen molar-refractivity contribution in [2.45, 2.75) is 0 Å². The third-order valence-electron chi connectivity index (χ3n) is 8.37. The molecule has 0 fully saturated rings. The first-order valence-corrected chi connectivity index (χ1v) is 20.4. The fourth-order valence-corrected chi connectivity index (χ4v) is 4.62. The number of aldehydes is 8. The van der Waals surface area contributed by atoms with Crippen molar-refractivity contribution in [3.05, 3.63) is 239 Å². The summed E-state index contributed by atoms with van der Waals surface area (Å²) >= 11 is 0. The van der Waals surface area contributed by atoms with Gasteiger partial charge in [0.25, 0.3) is 0 Å². The molecule has 0 bridgehead atoms. The Hall–Kier alpha value is -7.01. The van der Waals surface area contributed by atoms with Crippen LogP contribution in [-0.2, 0) is 27.3 Å². The fourth-order valence-electron chi connectivity index (χ4n) is 4.62. The molecular formula is C56H40CdDy2O16. The number of para-hydroxylation sites is 8. The first kappa shape index (κ1) is 72.2. The van der Waals surface area contributed by atoms with Crippen LogP contribution in [0.1, 0.15) is 82.9 Å². The van der Waals surface area contributed by atoms with E-state index in [0.29, 0.717) is 50.3 Å². The van der Waals surface area contributed by atoms with Crippen LogP contribution < -0.4 is 40.9 Å². The molecule has 2 radical (unpaired) electrons. The smallest absolute Gasteiger partial charge is 0.872 e. The van der Waals surface area contributed by atoms with Crippen LogP contribution in [-0.4, -0.2) is 50.3 Å². The molecule has 0 aliphatic heterocycles. The van der Waals surface area contributed by atoms with Crippen LogP contribution in [0.4, 0.5) is 0 Å². The third-order valence-corrected chi connectivity index (χ3v) is 8.37. The first-order chi connectivity index (χ1) is 34.7. The molecule has 0 aromatic heterocycles. The van der Waals surface area contributed by atoms with E-state index in [2.05, 4.69) is 0 Å². The summed E-state index contributed by atoms with van der Waals surface area (Å²) in [4.78, 5) is 80.2. The van der Waals surface area contributed by atoms with E-state index >= 15 is 0 Å². The predicted octanol–water partition coefficient (Wildman–Crippen LogP) is 4.58. The summed E-state index contributed by atoms with van der Waals surface area (Å²) in [5.41, 5.74) is 1.76. The molecule has 0 heterocycles. The maximum atomic E-state index is 10.6. The second-order valence-corrected chi connectivity index (χ2v) is 13.2. The Kier molecular flexibility index (Phi) is 42.8. The van der Waals surface area contributed by atoms with Gasteiger partial charge in [-0.3, -0.25) is 38.4 Å². The van der Waals surface area contributed by atoms with E-state index in [1.807, 2.05) is 0 Å². The van der Waals surface area contributed by atoms with Gasteiger partial charge in [0.15, 0.2) is 0 Å². The Morgan fingerprint density at radius 1 is 0.187 bits per heavy atom. The quantitative estimate of drug-likeness (QED) is 0.148. The standard InChI is InChI=1S/8C7H6O2.Cd.2Dy/c8*8-5-6-3-1-2-4-7(6)9;;;/h8*1-5,9H;;;/q;;;;;;;;+2;2*+3/p-8. The van der Waals surface area contributed by atoms with Crippen molar-refractivity contribution in [3.63, 3.8) is 0 Å². The molecule has 0 unspecified atom stereocenters. The normalized spacial score (nSPS) is 8.53. The SMILES string of the molecule is O=Cc1ccccc1[O-].O=Cc1ccccc1[O-].O=Cc1ccccc1[O-].O=Cc1ccccc1[O-].O=Cc1ccccc1[O-].O=Cc1ccccc1[O-].O=Cc1ccccc1[O-].O=Cc1ccccc1[O-].[Cd+2].[Dy+3].[Dy+3]. The van der Waals surface area contributed by atoms with E-state index < -0.39 is 0 Å². The Bertz CT molecular complexity index is 2360. The molecule has 16 nitrogen and oxygen atoms in total. The van der Waals surface area contributed by atoms with Crippen LogP contribution in [0.3, 0.4) is 0 Å². The van der Waals surface area contributed by atoms with E-state index in [4.69, 9.17) is 0 Å². The van der Waals surface area contributed by atoms with Gasteiger partial charge in [-0.25, -0.2) is 0 Å². The number of carbonyl (C=O) groups is 8. The van der Waals surface area contributed by atoms with Gasteiger partial charge in [0.1, 0.15) is 50.3 Å². The number of hydrogen-bond acceptors (Lipinski definition) is 16. The fraction of sp³-hybridized carbons (Fsp3) is 0. The zero-order chi connectivity index (χ0) is 53.5. The van der Waals surface area contributed by atoms with Crippen molar-refractivity contribution in [2.75, 3.05) is 0 Å². The molecule has 0 aliphatic carbocycles. The molecule has 0 aliphatic rings. The summed E-state index contributed by atoms with van der Waals surface area (Å²) in [5.74, 6) is -1.72. The minimum absolute atomic E-state index is 0. The second-order valence-electron chi connectivity index (χ2n) is 13.2. The van der Waals surface area contributed by atoms with Crippen LogP contribution in [0, 0.1) is 76.3 Å². The van der Waals surface area contributed by atoms with Crippen molar-refractivity contribution in [1.29, 1.82) is 0 Å². The average Bonchev–Trinajstić information content (AvgIpc) is 3.41. The summed E-state index contributed by atoms with van der Waals surface area (Å²) in [6, 6.07) is 49.0. The molecule has 75 heavy (non-hydrogen) atoms. The van der Waals surface area contributed by atoms with Crippen molar-refractivity contribution in [2.24, 2.45) is 0 Å². The van der Waals surface area contributed by atoms with Gasteiger partial charge in [0, 0.05) is 44.5 Å². The van der Waals surface area contributed by atoms with E-state index in [1.165, 1.54) is 97.1 Å². The van der Waals surface area contributed by atoms with Gasteiger partial charge in [-0.2, -0.15) is 0 Å². The Balaban J connectivity index is -0.000000785. The molecule has 0 saturated carbocycles. The average molecular weight is 1410 g/mol. The van der Waals surface area contributed by atoms with Gasteiger partial charge >= 0.3 is 104 Å². The Morgan fingerprint density at radius 3 is 0.320 bits per heavy atom. The van der Waals surface area contributed by atoms with E-state index in [9.17, 15) is 79.2 Å². The van der Waals surface area contributed by atoms with Gasteiger partial charge < -0.3 is 40.9 Å². The van der Waals surface area contributed by atoms with E-state index in [1.54, 1.807) is 97.1 Å². The number of carbonyl (C=O) groups excluding carboxylic acids is 8.